The van der Waals surface area contributed by atoms with E-state index in [0.717, 1.165) is 30.5 Å². The Morgan fingerprint density at radius 2 is 1.75 bits per heavy atom. The third-order valence-corrected chi connectivity index (χ3v) is 2.90. The van der Waals surface area contributed by atoms with Gasteiger partial charge in [0.25, 0.3) is 0 Å². The number of rotatable bonds is 4. The van der Waals surface area contributed by atoms with Gasteiger partial charge >= 0.3 is 0 Å². The quantitative estimate of drug-likeness (QED) is 0.672. The Kier molecular flexibility index (Phi) is 3.56. The lowest BCUT2D eigenvalue weighted by molar-refractivity contribution is -0.117. The molecule has 0 saturated carbocycles. The van der Waals surface area contributed by atoms with E-state index in [4.69, 9.17) is 0 Å². The van der Waals surface area contributed by atoms with Gasteiger partial charge in [0.15, 0.2) is 0 Å². The molecule has 2 atom stereocenters. The number of hydrogen-bond acceptors (Lipinski definition) is 4. The van der Waals surface area contributed by atoms with Gasteiger partial charge in [0.1, 0.15) is 12.5 Å². The third kappa shape index (κ3) is 1.97. The highest BCUT2D eigenvalue weighted by molar-refractivity contribution is 5.34. The van der Waals surface area contributed by atoms with E-state index in [1.54, 1.807) is 0 Å². The van der Waals surface area contributed by atoms with Crippen molar-refractivity contribution in [2.75, 3.05) is 6.54 Å². The third-order valence-electron chi connectivity index (χ3n) is 2.90. The van der Waals surface area contributed by atoms with Gasteiger partial charge in [-0.1, -0.05) is 37.6 Å². The van der Waals surface area contributed by atoms with E-state index in [0.29, 0.717) is 0 Å². The molecule has 0 bridgehead atoms. The number of aliphatic hydroxyl groups is 2. The first-order valence-electron chi connectivity index (χ1n) is 5.72. The number of fused-ring (bicyclic) bond motifs is 1. The average molecular weight is 222 g/mol. The van der Waals surface area contributed by atoms with Crippen molar-refractivity contribution in [1.82, 2.24) is 10.4 Å². The van der Waals surface area contributed by atoms with Crippen molar-refractivity contribution >= 4 is 0 Å². The smallest absolute Gasteiger partial charge is 0.149 e. The maximum Gasteiger partial charge on any atom is 0.149 e. The molecule has 0 amide bonds. The lowest BCUT2D eigenvalue weighted by Crippen LogP contribution is -2.39. The topological polar surface area (TPSA) is 55.7 Å². The molecule has 0 fully saturated rings. The fourth-order valence-electron chi connectivity index (χ4n) is 1.97. The van der Waals surface area contributed by atoms with E-state index in [-0.39, 0.29) is 0 Å². The standard InChI is InChI=1S/C12H18N2O2/c1-2-3-8-13-14-11(15)9-6-4-5-7-10(9)12(14)16/h4-7,11-13,15-16H,2-3,8H2,1H3. The molecular weight excluding hydrogens is 204 g/mol. The van der Waals surface area contributed by atoms with Gasteiger partial charge in [-0.25, -0.2) is 5.43 Å². The van der Waals surface area contributed by atoms with Crippen LogP contribution in [0.25, 0.3) is 0 Å². The van der Waals surface area contributed by atoms with E-state index in [9.17, 15) is 10.2 Å². The molecule has 16 heavy (non-hydrogen) atoms. The molecule has 2 unspecified atom stereocenters. The van der Waals surface area contributed by atoms with Crippen LogP contribution in [0, 0.1) is 0 Å². The molecule has 4 heteroatoms. The molecule has 0 spiro atoms. The summed E-state index contributed by atoms with van der Waals surface area (Å²) in [5.74, 6) is 0. The van der Waals surface area contributed by atoms with Crippen LogP contribution in [0.2, 0.25) is 0 Å². The first kappa shape index (κ1) is 11.5. The second kappa shape index (κ2) is 4.93. The molecule has 0 aromatic heterocycles. The summed E-state index contributed by atoms with van der Waals surface area (Å²) in [4.78, 5) is 0. The Morgan fingerprint density at radius 3 is 2.25 bits per heavy atom. The van der Waals surface area contributed by atoms with Crippen molar-refractivity contribution in [2.45, 2.75) is 32.2 Å². The number of nitrogens with one attached hydrogen (secondary N) is 1. The summed E-state index contributed by atoms with van der Waals surface area (Å²) in [7, 11) is 0. The van der Waals surface area contributed by atoms with Crippen molar-refractivity contribution < 1.29 is 10.2 Å². The van der Waals surface area contributed by atoms with Crippen molar-refractivity contribution in [1.29, 1.82) is 0 Å². The van der Waals surface area contributed by atoms with Crippen molar-refractivity contribution in [3.63, 3.8) is 0 Å². The highest BCUT2D eigenvalue weighted by atomic mass is 16.3. The van der Waals surface area contributed by atoms with Crippen LogP contribution in [0.15, 0.2) is 24.3 Å². The maximum absolute atomic E-state index is 10.0. The van der Waals surface area contributed by atoms with Crippen molar-refractivity contribution in [3.8, 4) is 0 Å². The Morgan fingerprint density at radius 1 is 1.19 bits per heavy atom. The summed E-state index contributed by atoms with van der Waals surface area (Å²) >= 11 is 0. The van der Waals surface area contributed by atoms with Crippen LogP contribution in [0.3, 0.4) is 0 Å². The molecule has 2 rings (SSSR count). The Labute approximate surface area is 95.5 Å². The van der Waals surface area contributed by atoms with E-state index >= 15 is 0 Å². The highest BCUT2D eigenvalue weighted by Gasteiger charge is 2.35. The number of benzene rings is 1. The minimum atomic E-state index is -0.761. The average Bonchev–Trinajstić information content (AvgIpc) is 2.55. The summed E-state index contributed by atoms with van der Waals surface area (Å²) in [5, 5.41) is 21.5. The number of aliphatic hydroxyl groups excluding tert-OH is 2. The van der Waals surface area contributed by atoms with Gasteiger partial charge in [-0.2, -0.15) is 5.01 Å². The van der Waals surface area contributed by atoms with Gasteiger partial charge in [0.05, 0.1) is 0 Å². The van der Waals surface area contributed by atoms with Gasteiger partial charge in [-0.3, -0.25) is 0 Å². The minimum absolute atomic E-state index is 0.761. The second-order valence-corrected chi connectivity index (χ2v) is 4.05. The number of hydrogen-bond donors (Lipinski definition) is 3. The van der Waals surface area contributed by atoms with Gasteiger partial charge < -0.3 is 10.2 Å². The predicted molar refractivity (Wildman–Crippen MR) is 61.1 cm³/mol. The monoisotopic (exact) mass is 222 g/mol. The fourth-order valence-corrected chi connectivity index (χ4v) is 1.97. The molecule has 1 aliphatic rings. The van der Waals surface area contributed by atoms with Crippen LogP contribution in [0.1, 0.15) is 43.3 Å². The Bertz CT molecular complexity index is 328. The largest absolute Gasteiger partial charge is 0.373 e. The normalized spacial score (nSPS) is 24.7. The molecule has 1 aromatic rings. The number of hydrazine groups is 1. The summed E-state index contributed by atoms with van der Waals surface area (Å²) in [6.07, 6.45) is 0.581. The second-order valence-electron chi connectivity index (χ2n) is 4.05. The zero-order chi connectivity index (χ0) is 11.5. The van der Waals surface area contributed by atoms with Crippen LogP contribution < -0.4 is 5.43 Å². The zero-order valence-electron chi connectivity index (χ0n) is 9.43. The van der Waals surface area contributed by atoms with E-state index in [1.165, 1.54) is 5.01 Å². The molecule has 1 aromatic carbocycles. The predicted octanol–water partition coefficient (Wildman–Crippen LogP) is 1.29. The molecule has 0 aliphatic carbocycles. The lowest BCUT2D eigenvalue weighted by Gasteiger charge is -2.24. The Hall–Kier alpha value is -0.940. The molecule has 0 radical (unpaired) electrons. The van der Waals surface area contributed by atoms with Gasteiger partial charge in [0, 0.05) is 17.7 Å². The van der Waals surface area contributed by atoms with Crippen LogP contribution in [-0.2, 0) is 0 Å². The van der Waals surface area contributed by atoms with Crippen molar-refractivity contribution in [2.24, 2.45) is 0 Å². The molecule has 1 heterocycles. The number of unbranched alkanes of at least 4 members (excludes halogenated alkanes) is 1. The molecule has 3 N–H and O–H groups in total. The molecule has 1 aliphatic heterocycles. The summed E-state index contributed by atoms with van der Waals surface area (Å²) in [5.41, 5.74) is 4.62. The van der Waals surface area contributed by atoms with E-state index < -0.39 is 12.5 Å². The number of nitrogens with zero attached hydrogens (tertiary/aromatic N) is 1. The van der Waals surface area contributed by atoms with Gasteiger partial charge in [-0.15, -0.1) is 0 Å². The molecular formula is C12H18N2O2. The summed E-state index contributed by atoms with van der Waals surface area (Å²) < 4.78 is 0. The van der Waals surface area contributed by atoms with Crippen LogP contribution in [-0.4, -0.2) is 21.8 Å². The molecule has 88 valence electrons. The lowest BCUT2D eigenvalue weighted by atomic mass is 10.1. The first-order valence-corrected chi connectivity index (χ1v) is 5.72. The summed E-state index contributed by atoms with van der Waals surface area (Å²) in [6, 6.07) is 7.41. The SMILES string of the molecule is CCCCNN1C(O)c2ccccc2C1O. The van der Waals surface area contributed by atoms with E-state index in [2.05, 4.69) is 12.3 Å². The minimum Gasteiger partial charge on any atom is -0.373 e. The van der Waals surface area contributed by atoms with Gasteiger partial charge in [0.2, 0.25) is 0 Å². The van der Waals surface area contributed by atoms with Crippen molar-refractivity contribution in [3.05, 3.63) is 35.4 Å². The van der Waals surface area contributed by atoms with Gasteiger partial charge in [-0.05, 0) is 6.42 Å². The maximum atomic E-state index is 10.0. The van der Waals surface area contributed by atoms with Crippen LogP contribution in [0.5, 0.6) is 0 Å². The molecule has 4 nitrogen and oxygen atoms in total. The molecule has 0 saturated heterocycles. The first-order chi connectivity index (χ1) is 7.75. The zero-order valence-corrected chi connectivity index (χ0v) is 9.43. The Balaban J connectivity index is 2.09. The highest BCUT2D eigenvalue weighted by Crippen LogP contribution is 2.36. The van der Waals surface area contributed by atoms with Crippen LogP contribution >= 0.6 is 0 Å². The van der Waals surface area contributed by atoms with Crippen LogP contribution in [0.4, 0.5) is 0 Å². The summed E-state index contributed by atoms with van der Waals surface area (Å²) in [6.45, 7) is 2.87. The van der Waals surface area contributed by atoms with E-state index in [1.807, 2.05) is 24.3 Å². The fraction of sp³-hybridized carbons (Fsp3) is 0.500.